The summed E-state index contributed by atoms with van der Waals surface area (Å²) in [5.41, 5.74) is 2.37. The van der Waals surface area contributed by atoms with Crippen LogP contribution in [0.5, 0.6) is 0 Å². The molecule has 5 rings (SSSR count). The van der Waals surface area contributed by atoms with Crippen molar-refractivity contribution in [3.8, 4) is 5.69 Å². The van der Waals surface area contributed by atoms with Crippen molar-refractivity contribution < 1.29 is 9.53 Å². The van der Waals surface area contributed by atoms with Crippen LogP contribution in [0, 0.1) is 0 Å². The van der Waals surface area contributed by atoms with E-state index in [0.717, 1.165) is 37.4 Å². The second-order valence-corrected chi connectivity index (χ2v) is 10.1. The van der Waals surface area contributed by atoms with Crippen molar-refractivity contribution >= 4 is 40.0 Å². The molecule has 0 unspecified atom stereocenters. The number of halogens is 1. The van der Waals surface area contributed by atoms with Gasteiger partial charge in [-0.05, 0) is 68.7 Å². The van der Waals surface area contributed by atoms with Crippen molar-refractivity contribution in [3.63, 3.8) is 0 Å². The van der Waals surface area contributed by atoms with E-state index in [-0.39, 0.29) is 23.6 Å². The summed E-state index contributed by atoms with van der Waals surface area (Å²) in [6.07, 6.45) is 8.34. The zero-order chi connectivity index (χ0) is 28.1. The van der Waals surface area contributed by atoms with Crippen LogP contribution in [0.3, 0.4) is 0 Å². The van der Waals surface area contributed by atoms with E-state index >= 15 is 0 Å². The number of pyridine rings is 2. The number of rotatable bonds is 8. The Morgan fingerprint density at radius 2 is 1.88 bits per heavy atom. The number of fused-ring (bicyclic) bond motifs is 1. The number of nitrogens with one attached hydrogen (secondary N) is 1. The first-order chi connectivity index (χ1) is 19.5. The fraction of sp³-hybridized carbons (Fsp3) is 0.219. The van der Waals surface area contributed by atoms with E-state index in [1.165, 1.54) is 12.7 Å². The van der Waals surface area contributed by atoms with Crippen molar-refractivity contribution in [1.82, 2.24) is 14.9 Å². The lowest BCUT2D eigenvalue weighted by Gasteiger charge is -2.27. The van der Waals surface area contributed by atoms with Gasteiger partial charge in [-0.3, -0.25) is 9.59 Å². The third-order valence-corrected chi connectivity index (χ3v) is 7.20. The molecule has 0 aliphatic carbocycles. The molecule has 7 nitrogen and oxygen atoms in total. The van der Waals surface area contributed by atoms with Crippen LogP contribution in [-0.2, 0) is 11.3 Å². The smallest absolute Gasteiger partial charge is 0.253 e. The van der Waals surface area contributed by atoms with Crippen molar-refractivity contribution in [3.05, 3.63) is 118 Å². The molecule has 1 aliphatic rings. The number of ether oxygens (including phenoxy) is 1. The number of carbonyl (C=O) groups excluding carboxylic acids is 1. The average molecular weight is 555 g/mol. The van der Waals surface area contributed by atoms with Gasteiger partial charge in [0.1, 0.15) is 11.6 Å². The molecule has 0 atom stereocenters. The summed E-state index contributed by atoms with van der Waals surface area (Å²) in [7, 11) is 0. The van der Waals surface area contributed by atoms with Gasteiger partial charge in [0.25, 0.3) is 5.91 Å². The fourth-order valence-corrected chi connectivity index (χ4v) is 5.18. The molecule has 8 heteroatoms. The summed E-state index contributed by atoms with van der Waals surface area (Å²) in [4.78, 5) is 33.8. The highest BCUT2D eigenvalue weighted by atomic mass is 35.5. The average Bonchev–Trinajstić information content (AvgIpc) is 3.00. The lowest BCUT2D eigenvalue weighted by molar-refractivity contribution is 0.0950. The van der Waals surface area contributed by atoms with Gasteiger partial charge in [-0.15, -0.1) is 0 Å². The first-order valence-electron chi connectivity index (χ1n) is 13.4. The van der Waals surface area contributed by atoms with Gasteiger partial charge in [0.2, 0.25) is 0 Å². The highest BCUT2D eigenvalue weighted by Gasteiger charge is 2.22. The summed E-state index contributed by atoms with van der Waals surface area (Å²) < 4.78 is 7.68. The maximum Gasteiger partial charge on any atom is 0.253 e. The normalized spacial score (nSPS) is 13.5. The SMILES string of the molecule is C=C(O/C=C\C)c1c(CNC(=O)c2ccc(N3CCCCC3)nc2)c(=O)c2ccc(Cl)cc2n1-c1ccccc1. The van der Waals surface area contributed by atoms with Crippen LogP contribution in [0.15, 0.2) is 90.6 Å². The number of carbonyl (C=O) groups is 1. The molecule has 40 heavy (non-hydrogen) atoms. The number of para-hydroxylation sites is 1. The molecule has 1 aliphatic heterocycles. The lowest BCUT2D eigenvalue weighted by Crippen LogP contribution is -2.31. The Morgan fingerprint density at radius 1 is 1.10 bits per heavy atom. The number of amides is 1. The summed E-state index contributed by atoms with van der Waals surface area (Å²) >= 11 is 6.37. The second-order valence-electron chi connectivity index (χ2n) is 9.63. The standard InChI is InChI=1S/C32H31ClN4O3/c1-3-18-40-22(2)30-27(21-35-32(39)23-12-15-29(34-20-23)36-16-8-5-9-17-36)31(38)26-14-13-24(33)19-28(26)37(30)25-10-6-4-7-11-25/h3-4,6-7,10-15,18-20H,2,5,8-9,16-17,21H2,1H3,(H,35,39)/b18-3-. The number of piperidine rings is 1. The zero-order valence-electron chi connectivity index (χ0n) is 22.4. The largest absolute Gasteiger partial charge is 0.464 e. The minimum atomic E-state index is -0.328. The van der Waals surface area contributed by atoms with Crippen LogP contribution in [0.25, 0.3) is 22.3 Å². The van der Waals surface area contributed by atoms with Crippen LogP contribution >= 0.6 is 11.6 Å². The molecule has 0 saturated carbocycles. The number of nitrogens with zero attached hydrogens (tertiary/aromatic N) is 3. The molecule has 204 valence electrons. The molecule has 0 radical (unpaired) electrons. The molecule has 1 N–H and O–H groups in total. The highest BCUT2D eigenvalue weighted by Crippen LogP contribution is 2.29. The molecular formula is C32H31ClN4O3. The first-order valence-corrected chi connectivity index (χ1v) is 13.7. The molecule has 1 saturated heterocycles. The Balaban J connectivity index is 1.54. The molecule has 0 bridgehead atoms. The van der Waals surface area contributed by atoms with E-state index in [1.54, 1.807) is 36.5 Å². The van der Waals surface area contributed by atoms with E-state index < -0.39 is 0 Å². The van der Waals surface area contributed by atoms with Crippen LogP contribution in [-0.4, -0.2) is 28.5 Å². The van der Waals surface area contributed by atoms with Gasteiger partial charge in [0, 0.05) is 47.5 Å². The molecule has 3 heterocycles. The molecule has 2 aromatic carbocycles. The Bertz CT molecular complexity index is 1620. The molecule has 1 fully saturated rings. The van der Waals surface area contributed by atoms with Gasteiger partial charge in [0.05, 0.1) is 23.0 Å². The van der Waals surface area contributed by atoms with Crippen molar-refractivity contribution in [2.45, 2.75) is 32.7 Å². The fourth-order valence-electron chi connectivity index (χ4n) is 5.02. The van der Waals surface area contributed by atoms with Crippen molar-refractivity contribution in [2.75, 3.05) is 18.0 Å². The van der Waals surface area contributed by atoms with Crippen molar-refractivity contribution in [2.24, 2.45) is 0 Å². The highest BCUT2D eigenvalue weighted by molar-refractivity contribution is 6.31. The van der Waals surface area contributed by atoms with Gasteiger partial charge in [-0.25, -0.2) is 4.98 Å². The molecular weight excluding hydrogens is 524 g/mol. The molecule has 2 aromatic heterocycles. The topological polar surface area (TPSA) is 76.5 Å². The summed E-state index contributed by atoms with van der Waals surface area (Å²) in [5.74, 6) is 0.804. The quantitative estimate of drug-likeness (QED) is 0.252. The monoisotopic (exact) mass is 554 g/mol. The summed E-state index contributed by atoms with van der Waals surface area (Å²) in [6.45, 7) is 7.86. The summed E-state index contributed by atoms with van der Waals surface area (Å²) in [6, 6.07) is 18.4. The minimum absolute atomic E-state index is 0.0372. The third kappa shape index (κ3) is 5.65. The number of hydrogen-bond donors (Lipinski definition) is 1. The first kappa shape index (κ1) is 27.2. The Morgan fingerprint density at radius 3 is 2.58 bits per heavy atom. The zero-order valence-corrected chi connectivity index (χ0v) is 23.2. The van der Waals surface area contributed by atoms with E-state index in [9.17, 15) is 9.59 Å². The number of allylic oxidation sites excluding steroid dienone is 1. The Hall–Kier alpha value is -4.36. The van der Waals surface area contributed by atoms with E-state index in [0.29, 0.717) is 32.7 Å². The number of aromatic nitrogens is 2. The van der Waals surface area contributed by atoms with E-state index in [2.05, 4.69) is 21.8 Å². The molecule has 0 spiro atoms. The minimum Gasteiger partial charge on any atom is -0.464 e. The van der Waals surface area contributed by atoms with Gasteiger partial charge < -0.3 is 19.5 Å². The molecule has 1 amide bonds. The molecule has 4 aromatic rings. The maximum atomic E-state index is 13.9. The van der Waals surface area contributed by atoms with E-state index in [4.69, 9.17) is 16.3 Å². The van der Waals surface area contributed by atoms with Gasteiger partial charge in [-0.1, -0.05) is 42.5 Å². The van der Waals surface area contributed by atoms with Gasteiger partial charge >= 0.3 is 0 Å². The van der Waals surface area contributed by atoms with Crippen molar-refractivity contribution in [1.29, 1.82) is 0 Å². The maximum absolute atomic E-state index is 13.9. The van der Waals surface area contributed by atoms with Crippen LogP contribution in [0.4, 0.5) is 5.82 Å². The Kier molecular flexibility index (Phi) is 8.31. The lowest BCUT2D eigenvalue weighted by atomic mass is 10.0. The second kappa shape index (κ2) is 12.2. The van der Waals surface area contributed by atoms with Crippen LogP contribution < -0.4 is 15.6 Å². The predicted molar refractivity (Wildman–Crippen MR) is 161 cm³/mol. The van der Waals surface area contributed by atoms with Gasteiger partial charge in [-0.2, -0.15) is 0 Å². The number of anilines is 1. The van der Waals surface area contributed by atoms with E-state index in [1.807, 2.05) is 47.9 Å². The van der Waals surface area contributed by atoms with Crippen LogP contribution in [0.2, 0.25) is 5.02 Å². The summed E-state index contributed by atoms with van der Waals surface area (Å²) in [5, 5.41) is 3.87. The Labute approximate surface area is 238 Å². The van der Waals surface area contributed by atoms with Crippen LogP contribution in [0.1, 0.15) is 47.8 Å². The predicted octanol–water partition coefficient (Wildman–Crippen LogP) is 6.48. The number of benzene rings is 2. The van der Waals surface area contributed by atoms with Gasteiger partial charge in [0.15, 0.2) is 5.43 Å². The number of hydrogen-bond acceptors (Lipinski definition) is 5. The third-order valence-electron chi connectivity index (χ3n) is 6.97.